The van der Waals surface area contributed by atoms with E-state index in [0.29, 0.717) is 5.56 Å². The van der Waals surface area contributed by atoms with Crippen molar-refractivity contribution in [3.05, 3.63) is 84.6 Å². The molecule has 0 saturated heterocycles. The number of anilines is 1. The lowest BCUT2D eigenvalue weighted by molar-refractivity contribution is 0.102. The first-order valence-corrected chi connectivity index (χ1v) is 9.34. The van der Waals surface area contributed by atoms with Crippen molar-refractivity contribution in [2.24, 2.45) is 0 Å². The van der Waals surface area contributed by atoms with Crippen molar-refractivity contribution in [1.82, 2.24) is 4.98 Å². The lowest BCUT2D eigenvalue weighted by Crippen LogP contribution is -2.12. The van der Waals surface area contributed by atoms with Crippen molar-refractivity contribution in [1.29, 1.82) is 0 Å². The number of benzene rings is 3. The summed E-state index contributed by atoms with van der Waals surface area (Å²) in [5.74, 6) is 0.575. The van der Waals surface area contributed by atoms with E-state index in [1.54, 1.807) is 43.1 Å². The average molecular weight is 374 g/mol. The Labute approximate surface area is 161 Å². The van der Waals surface area contributed by atoms with Crippen LogP contribution in [0.15, 0.2) is 88.8 Å². The molecule has 0 unspecified atom stereocenters. The number of methoxy groups -OCH3 is 1. The highest BCUT2D eigenvalue weighted by Gasteiger charge is 2.12. The van der Waals surface area contributed by atoms with Crippen LogP contribution in [0, 0.1) is 0 Å². The van der Waals surface area contributed by atoms with E-state index >= 15 is 0 Å². The first kappa shape index (κ1) is 17.2. The summed E-state index contributed by atoms with van der Waals surface area (Å²) in [7, 11) is 1.60. The number of carbonyl (C=O) groups excluding carboxylic acids is 1. The van der Waals surface area contributed by atoms with Gasteiger partial charge >= 0.3 is 0 Å². The Morgan fingerprint density at radius 3 is 2.48 bits per heavy atom. The second kappa shape index (κ2) is 7.60. The Hall–Kier alpha value is -3.18. The van der Waals surface area contributed by atoms with Gasteiger partial charge in [-0.15, -0.1) is 0 Å². The molecule has 3 aromatic carbocycles. The van der Waals surface area contributed by atoms with E-state index in [4.69, 9.17) is 4.74 Å². The van der Waals surface area contributed by atoms with E-state index in [1.807, 2.05) is 42.6 Å². The van der Waals surface area contributed by atoms with Crippen LogP contribution < -0.4 is 10.1 Å². The number of para-hydroxylation sites is 2. The maximum Gasteiger partial charge on any atom is 0.255 e. The highest BCUT2D eigenvalue weighted by Crippen LogP contribution is 2.37. The van der Waals surface area contributed by atoms with Crippen molar-refractivity contribution in [2.45, 2.75) is 9.79 Å². The molecule has 0 spiro atoms. The molecule has 1 aromatic heterocycles. The molecule has 1 heterocycles. The first-order chi connectivity index (χ1) is 13.2. The van der Waals surface area contributed by atoms with Crippen molar-refractivity contribution < 1.29 is 9.53 Å². The minimum absolute atomic E-state index is 0.148. The molecule has 4 rings (SSSR count). The normalized spacial score (nSPS) is 10.7. The molecule has 1 amide bonds. The molecule has 4 aromatic rings. The number of hydrogen-bond acceptors (Lipinski definition) is 3. The molecule has 0 radical (unpaired) electrons. The second-order valence-corrected chi connectivity index (χ2v) is 7.06. The van der Waals surface area contributed by atoms with Gasteiger partial charge in [-0.1, -0.05) is 42.1 Å². The predicted molar refractivity (Wildman–Crippen MR) is 110 cm³/mol. The summed E-state index contributed by atoms with van der Waals surface area (Å²) in [6.45, 7) is 0. The molecule has 5 heteroatoms. The molecule has 27 heavy (non-hydrogen) atoms. The van der Waals surface area contributed by atoms with E-state index in [0.717, 1.165) is 26.7 Å². The Kier molecular flexibility index (Phi) is 4.85. The van der Waals surface area contributed by atoms with Gasteiger partial charge in [-0.3, -0.25) is 4.79 Å². The van der Waals surface area contributed by atoms with Gasteiger partial charge < -0.3 is 15.0 Å². The summed E-state index contributed by atoms with van der Waals surface area (Å²) >= 11 is 1.63. The van der Waals surface area contributed by atoms with Gasteiger partial charge in [0.1, 0.15) is 5.75 Å². The van der Waals surface area contributed by atoms with Crippen LogP contribution in [0.25, 0.3) is 10.9 Å². The van der Waals surface area contributed by atoms with Gasteiger partial charge in [-0.05, 0) is 42.5 Å². The van der Waals surface area contributed by atoms with Crippen LogP contribution in [0.3, 0.4) is 0 Å². The standard InChI is InChI=1S/C22H18N2O2S/c1-26-16-12-10-15(11-13-16)22(25)24-19-8-4-5-9-20(19)27-21-14-23-18-7-3-2-6-17(18)21/h2-14,23H,1H3,(H,24,25). The third-order valence-electron chi connectivity index (χ3n) is 4.26. The zero-order valence-corrected chi connectivity index (χ0v) is 15.5. The van der Waals surface area contributed by atoms with E-state index in [9.17, 15) is 4.79 Å². The number of aromatic amines is 1. The summed E-state index contributed by atoms with van der Waals surface area (Å²) in [6, 6.07) is 23.1. The topological polar surface area (TPSA) is 54.1 Å². The van der Waals surface area contributed by atoms with Gasteiger partial charge in [0.15, 0.2) is 0 Å². The number of carbonyl (C=O) groups is 1. The largest absolute Gasteiger partial charge is 0.497 e. The number of H-pyrrole nitrogens is 1. The van der Waals surface area contributed by atoms with Crippen LogP contribution in [-0.2, 0) is 0 Å². The number of hydrogen-bond donors (Lipinski definition) is 2. The minimum Gasteiger partial charge on any atom is -0.497 e. The van der Waals surface area contributed by atoms with Crippen molar-refractivity contribution in [2.75, 3.05) is 12.4 Å². The summed E-state index contributed by atoms with van der Waals surface area (Å²) in [4.78, 5) is 18.0. The molecular formula is C22H18N2O2S. The first-order valence-electron chi connectivity index (χ1n) is 8.53. The Morgan fingerprint density at radius 2 is 1.67 bits per heavy atom. The maximum absolute atomic E-state index is 12.6. The van der Waals surface area contributed by atoms with Crippen molar-refractivity contribution in [3.8, 4) is 5.75 Å². The summed E-state index contributed by atoms with van der Waals surface area (Å²) in [6.07, 6.45) is 2.00. The van der Waals surface area contributed by atoms with Crippen LogP contribution in [0.2, 0.25) is 0 Å². The molecule has 0 bridgehead atoms. The zero-order valence-electron chi connectivity index (χ0n) is 14.7. The molecule has 0 aliphatic carbocycles. The number of fused-ring (bicyclic) bond motifs is 1. The Bertz CT molecular complexity index is 1090. The van der Waals surface area contributed by atoms with Gasteiger partial charge in [0.2, 0.25) is 0 Å². The predicted octanol–water partition coefficient (Wildman–Crippen LogP) is 5.58. The van der Waals surface area contributed by atoms with E-state index in [2.05, 4.69) is 22.4 Å². The quantitative estimate of drug-likeness (QED) is 0.479. The number of rotatable bonds is 5. The molecule has 0 atom stereocenters. The zero-order chi connectivity index (χ0) is 18.6. The summed E-state index contributed by atoms with van der Waals surface area (Å²) in [5.41, 5.74) is 2.47. The molecule has 4 nitrogen and oxygen atoms in total. The van der Waals surface area contributed by atoms with Crippen LogP contribution in [-0.4, -0.2) is 18.0 Å². The molecule has 0 aliphatic rings. The molecule has 0 saturated carbocycles. The van der Waals surface area contributed by atoms with Gasteiger partial charge in [0, 0.05) is 32.5 Å². The molecule has 0 fully saturated rings. The fourth-order valence-electron chi connectivity index (χ4n) is 2.84. The highest BCUT2D eigenvalue weighted by atomic mass is 32.2. The van der Waals surface area contributed by atoms with Crippen molar-refractivity contribution in [3.63, 3.8) is 0 Å². The average Bonchev–Trinajstić information content (AvgIpc) is 3.12. The summed E-state index contributed by atoms with van der Waals surface area (Å²) in [5, 5.41) is 4.18. The monoisotopic (exact) mass is 374 g/mol. The fourth-order valence-corrected chi connectivity index (χ4v) is 3.86. The smallest absolute Gasteiger partial charge is 0.255 e. The number of aromatic nitrogens is 1. The SMILES string of the molecule is COc1ccc(C(=O)Nc2ccccc2Sc2c[nH]c3ccccc23)cc1. The lowest BCUT2D eigenvalue weighted by Gasteiger charge is -2.11. The fraction of sp³-hybridized carbons (Fsp3) is 0.0455. The number of ether oxygens (including phenoxy) is 1. The minimum atomic E-state index is -0.148. The van der Waals surface area contributed by atoms with E-state index < -0.39 is 0 Å². The Balaban J connectivity index is 1.58. The van der Waals surface area contributed by atoms with Gasteiger partial charge in [0.05, 0.1) is 12.8 Å². The van der Waals surface area contributed by atoms with Gasteiger partial charge in [0.25, 0.3) is 5.91 Å². The third kappa shape index (κ3) is 3.68. The number of amides is 1. The van der Waals surface area contributed by atoms with Crippen LogP contribution in [0.5, 0.6) is 5.75 Å². The van der Waals surface area contributed by atoms with E-state index in [-0.39, 0.29) is 5.91 Å². The Morgan fingerprint density at radius 1 is 0.926 bits per heavy atom. The lowest BCUT2D eigenvalue weighted by atomic mass is 10.2. The van der Waals surface area contributed by atoms with Crippen LogP contribution in [0.1, 0.15) is 10.4 Å². The summed E-state index contributed by atoms with van der Waals surface area (Å²) < 4.78 is 5.14. The molecule has 2 N–H and O–H groups in total. The van der Waals surface area contributed by atoms with Crippen LogP contribution in [0.4, 0.5) is 5.69 Å². The van der Waals surface area contributed by atoms with Crippen molar-refractivity contribution >= 4 is 34.3 Å². The second-order valence-electron chi connectivity index (χ2n) is 5.98. The van der Waals surface area contributed by atoms with Crippen LogP contribution >= 0.6 is 11.8 Å². The van der Waals surface area contributed by atoms with Gasteiger partial charge in [-0.2, -0.15) is 0 Å². The molecule has 0 aliphatic heterocycles. The third-order valence-corrected chi connectivity index (χ3v) is 5.39. The molecule has 134 valence electrons. The maximum atomic E-state index is 12.6. The highest BCUT2D eigenvalue weighted by molar-refractivity contribution is 7.99. The van der Waals surface area contributed by atoms with E-state index in [1.165, 1.54) is 5.39 Å². The van der Waals surface area contributed by atoms with Gasteiger partial charge in [-0.25, -0.2) is 0 Å². The number of nitrogens with one attached hydrogen (secondary N) is 2. The molecular weight excluding hydrogens is 356 g/mol.